The average molecular weight is 526 g/mol. The number of methoxy groups -OCH3 is 1. The Morgan fingerprint density at radius 1 is 1.29 bits per heavy atom. The number of ether oxygens (including phenoxy) is 3. The summed E-state index contributed by atoms with van der Waals surface area (Å²) < 4.78 is 32.6. The standard InChI is InChI=1S/C27H32FN5O5/c1-16-10-19-21(31-16)4-5-23(26(19)28)38-27-20-11-24(36-3)25(12-22(20)29-15-30-27)37-14-18(35)13-32-6-8-33(9-7-32)17(2)34/h4-5,10-11,15,18,22,31,35H,6-9,12-14H2,1-3H3/t18-,22?/m1/s1. The van der Waals surface area contributed by atoms with Gasteiger partial charge in [0.2, 0.25) is 11.8 Å². The summed E-state index contributed by atoms with van der Waals surface area (Å²) >= 11 is 0. The van der Waals surface area contributed by atoms with E-state index in [-0.39, 0.29) is 30.2 Å². The number of amides is 1. The molecule has 2 atom stereocenters. The largest absolute Gasteiger partial charge is 0.493 e. The van der Waals surface area contributed by atoms with Gasteiger partial charge in [-0.05, 0) is 31.2 Å². The van der Waals surface area contributed by atoms with Crippen LogP contribution in [0.2, 0.25) is 0 Å². The summed E-state index contributed by atoms with van der Waals surface area (Å²) in [5.41, 5.74) is 2.21. The van der Waals surface area contributed by atoms with Gasteiger partial charge >= 0.3 is 0 Å². The molecule has 2 N–H and O–H groups in total. The summed E-state index contributed by atoms with van der Waals surface area (Å²) in [4.78, 5) is 27.3. The van der Waals surface area contributed by atoms with Crippen molar-refractivity contribution in [3.63, 3.8) is 0 Å². The van der Waals surface area contributed by atoms with Gasteiger partial charge in [0.15, 0.2) is 17.3 Å². The molecule has 0 radical (unpaired) electrons. The monoisotopic (exact) mass is 525 g/mol. The molecule has 1 saturated heterocycles. The van der Waals surface area contributed by atoms with Crippen LogP contribution in [0.25, 0.3) is 10.9 Å². The molecule has 0 spiro atoms. The van der Waals surface area contributed by atoms with E-state index in [1.54, 1.807) is 36.1 Å². The molecule has 38 heavy (non-hydrogen) atoms. The SMILES string of the molecule is COC1=C(OC[C@H](O)CN2CCN(C(C)=O)CC2)CC2N=CN=C(Oc3ccc4[nH]c(C)cc4c3F)C2=C1. The number of hydrogen-bond acceptors (Lipinski definition) is 8. The number of hydrogen-bond donors (Lipinski definition) is 2. The van der Waals surface area contributed by atoms with E-state index < -0.39 is 11.9 Å². The Balaban J connectivity index is 1.25. The van der Waals surface area contributed by atoms with Crippen LogP contribution < -0.4 is 4.74 Å². The number of aromatic amines is 1. The molecular formula is C27H32FN5O5. The van der Waals surface area contributed by atoms with Gasteiger partial charge in [-0.15, -0.1) is 0 Å². The van der Waals surface area contributed by atoms with E-state index in [0.717, 1.165) is 5.69 Å². The number of allylic oxidation sites excluding steroid dienone is 1. The number of benzene rings is 1. The van der Waals surface area contributed by atoms with Gasteiger partial charge < -0.3 is 29.2 Å². The maximum atomic E-state index is 15.1. The van der Waals surface area contributed by atoms with Gasteiger partial charge in [0.05, 0.1) is 13.2 Å². The highest BCUT2D eigenvalue weighted by Crippen LogP contribution is 2.33. The number of piperazine rings is 1. The second kappa shape index (κ2) is 11.0. The molecule has 0 bridgehead atoms. The number of aliphatic hydroxyl groups excluding tert-OH is 1. The highest BCUT2D eigenvalue weighted by atomic mass is 19.1. The molecule has 3 aliphatic rings. The molecule has 1 aromatic carbocycles. The highest BCUT2D eigenvalue weighted by Gasteiger charge is 2.32. The first-order valence-electron chi connectivity index (χ1n) is 12.7. The second-order valence-corrected chi connectivity index (χ2v) is 9.67. The number of carbonyl (C=O) groups excluding carboxylic acids is 1. The van der Waals surface area contributed by atoms with Crippen LogP contribution in [0.3, 0.4) is 0 Å². The summed E-state index contributed by atoms with van der Waals surface area (Å²) in [6, 6.07) is 4.74. The number of carbonyl (C=O) groups is 1. The van der Waals surface area contributed by atoms with Crippen molar-refractivity contribution in [3.8, 4) is 5.75 Å². The molecule has 0 saturated carbocycles. The molecule has 1 unspecified atom stereocenters. The lowest BCUT2D eigenvalue weighted by Gasteiger charge is -2.35. The summed E-state index contributed by atoms with van der Waals surface area (Å²) in [6.07, 6.45) is 2.82. The minimum Gasteiger partial charge on any atom is -0.493 e. The highest BCUT2D eigenvalue weighted by molar-refractivity contribution is 6.03. The molecule has 10 nitrogen and oxygen atoms in total. The number of aliphatic hydroxyl groups is 1. The minimum absolute atomic E-state index is 0.0717. The number of H-pyrrole nitrogens is 1. The van der Waals surface area contributed by atoms with Crippen molar-refractivity contribution in [3.05, 3.63) is 52.9 Å². The van der Waals surface area contributed by atoms with Crippen LogP contribution in [-0.2, 0) is 14.3 Å². The number of nitrogens with one attached hydrogen (secondary N) is 1. The van der Waals surface area contributed by atoms with Gasteiger partial charge in [-0.25, -0.2) is 9.38 Å². The lowest BCUT2D eigenvalue weighted by molar-refractivity contribution is -0.130. The maximum absolute atomic E-state index is 15.1. The summed E-state index contributed by atoms with van der Waals surface area (Å²) in [6.45, 7) is 6.72. The van der Waals surface area contributed by atoms with E-state index in [4.69, 9.17) is 14.2 Å². The first-order valence-corrected chi connectivity index (χ1v) is 12.7. The lowest BCUT2D eigenvalue weighted by Crippen LogP contribution is -2.50. The van der Waals surface area contributed by atoms with Crippen LogP contribution in [0.1, 0.15) is 19.0 Å². The molecule has 202 valence electrons. The number of aliphatic imine (C=N–C) groups is 2. The van der Waals surface area contributed by atoms with Crippen LogP contribution in [0.15, 0.2) is 51.4 Å². The molecule has 1 amide bonds. The summed E-state index contributed by atoms with van der Waals surface area (Å²) in [5.74, 6) is 0.965. The Kier molecular flexibility index (Phi) is 7.48. The number of β-amino-alcohol motifs (C(OH)–C–C–N with tert-alkyl or cyclic N) is 1. The topological polar surface area (TPSA) is 112 Å². The first-order chi connectivity index (χ1) is 18.3. The number of aryl methyl sites for hydroxylation is 1. The van der Waals surface area contributed by atoms with Crippen LogP contribution in [0, 0.1) is 12.7 Å². The number of rotatable bonds is 7. The van der Waals surface area contributed by atoms with E-state index in [9.17, 15) is 9.90 Å². The Bertz CT molecular complexity index is 1340. The van der Waals surface area contributed by atoms with Crippen molar-refractivity contribution in [2.45, 2.75) is 32.4 Å². The molecule has 3 heterocycles. The van der Waals surface area contributed by atoms with Crippen LogP contribution in [-0.4, -0.2) is 96.6 Å². The normalized spacial score (nSPS) is 20.7. The average Bonchev–Trinajstić information content (AvgIpc) is 3.30. The van der Waals surface area contributed by atoms with Gasteiger partial charge in [0.25, 0.3) is 0 Å². The fraction of sp³-hybridized carbons (Fsp3) is 0.444. The predicted molar refractivity (Wildman–Crippen MR) is 141 cm³/mol. The number of aromatic nitrogens is 1. The van der Waals surface area contributed by atoms with E-state index in [0.29, 0.717) is 67.1 Å². The second-order valence-electron chi connectivity index (χ2n) is 9.67. The van der Waals surface area contributed by atoms with Gasteiger partial charge in [-0.1, -0.05) is 0 Å². The molecule has 1 aromatic heterocycles. The van der Waals surface area contributed by atoms with E-state index in [1.807, 2.05) is 6.92 Å². The van der Waals surface area contributed by atoms with Crippen LogP contribution >= 0.6 is 0 Å². The van der Waals surface area contributed by atoms with Crippen molar-refractivity contribution in [1.29, 1.82) is 0 Å². The molecular weight excluding hydrogens is 493 g/mol. The quantitative estimate of drug-likeness (QED) is 0.575. The zero-order valence-corrected chi connectivity index (χ0v) is 21.7. The predicted octanol–water partition coefficient (Wildman–Crippen LogP) is 2.53. The zero-order chi connectivity index (χ0) is 26.8. The number of fused-ring (bicyclic) bond motifs is 2. The Morgan fingerprint density at radius 2 is 2.08 bits per heavy atom. The molecule has 1 fully saturated rings. The molecule has 2 aliphatic heterocycles. The van der Waals surface area contributed by atoms with Crippen molar-refractivity contribution in [2.75, 3.05) is 46.4 Å². The van der Waals surface area contributed by atoms with E-state index in [2.05, 4.69) is 19.9 Å². The van der Waals surface area contributed by atoms with Crippen LogP contribution in [0.5, 0.6) is 5.75 Å². The maximum Gasteiger partial charge on any atom is 0.226 e. The van der Waals surface area contributed by atoms with Gasteiger partial charge in [-0.2, -0.15) is 0 Å². The summed E-state index contributed by atoms with van der Waals surface area (Å²) in [5, 5.41) is 11.0. The summed E-state index contributed by atoms with van der Waals surface area (Å²) in [7, 11) is 1.53. The Labute approximate surface area is 220 Å². The van der Waals surface area contributed by atoms with E-state index >= 15 is 4.39 Å². The van der Waals surface area contributed by atoms with Gasteiger partial charge in [0.1, 0.15) is 24.8 Å². The molecule has 2 aromatic rings. The van der Waals surface area contributed by atoms with E-state index in [1.165, 1.54) is 13.4 Å². The van der Waals surface area contributed by atoms with Gasteiger partial charge in [0, 0.05) is 68.2 Å². The fourth-order valence-electron chi connectivity index (χ4n) is 4.93. The Hall–Kier alpha value is -3.70. The van der Waals surface area contributed by atoms with Crippen molar-refractivity contribution < 1.29 is 28.5 Å². The molecule has 11 heteroatoms. The third-order valence-electron chi connectivity index (χ3n) is 6.97. The molecule has 1 aliphatic carbocycles. The number of nitrogens with zero attached hydrogens (tertiary/aromatic N) is 4. The van der Waals surface area contributed by atoms with Crippen molar-refractivity contribution in [2.24, 2.45) is 9.98 Å². The third-order valence-corrected chi connectivity index (χ3v) is 6.97. The first kappa shape index (κ1) is 25.9. The third kappa shape index (κ3) is 5.44. The zero-order valence-electron chi connectivity index (χ0n) is 21.7. The smallest absolute Gasteiger partial charge is 0.226 e. The van der Waals surface area contributed by atoms with Crippen molar-refractivity contribution in [1.82, 2.24) is 14.8 Å². The minimum atomic E-state index is -0.708. The fourth-order valence-corrected chi connectivity index (χ4v) is 4.93. The van der Waals surface area contributed by atoms with Gasteiger partial charge in [-0.3, -0.25) is 14.7 Å². The number of halogens is 1. The van der Waals surface area contributed by atoms with Crippen molar-refractivity contribution >= 4 is 29.0 Å². The molecule has 5 rings (SSSR count). The Morgan fingerprint density at radius 3 is 2.82 bits per heavy atom. The van der Waals surface area contributed by atoms with Crippen LogP contribution in [0.4, 0.5) is 4.39 Å². The lowest BCUT2D eigenvalue weighted by atomic mass is 9.96.